The summed E-state index contributed by atoms with van der Waals surface area (Å²) in [5, 5.41) is 3.09. The molecule has 0 aliphatic heterocycles. The monoisotopic (exact) mass is 332 g/mol. The summed E-state index contributed by atoms with van der Waals surface area (Å²) in [5.41, 5.74) is 6.80. The van der Waals surface area contributed by atoms with Gasteiger partial charge < -0.3 is 11.1 Å². The van der Waals surface area contributed by atoms with Gasteiger partial charge in [-0.15, -0.1) is 11.3 Å². The molecule has 1 aromatic heterocycles. The van der Waals surface area contributed by atoms with Crippen LogP contribution in [0.1, 0.15) is 50.4 Å². The number of nitrogens with two attached hydrogens (primary N) is 1. The van der Waals surface area contributed by atoms with Crippen molar-refractivity contribution in [1.29, 1.82) is 0 Å². The lowest BCUT2D eigenvalue weighted by Gasteiger charge is -2.07. The number of halogens is 1. The van der Waals surface area contributed by atoms with Crippen LogP contribution in [0.4, 0.5) is 9.39 Å². The lowest BCUT2D eigenvalue weighted by atomic mass is 10.1. The van der Waals surface area contributed by atoms with Crippen molar-refractivity contribution in [2.24, 2.45) is 5.73 Å². The third kappa shape index (κ3) is 3.12. The third-order valence-electron chi connectivity index (χ3n) is 4.01. The number of carbonyl (C=O) groups is 2. The number of primary amides is 1. The molecule has 0 atom stereocenters. The lowest BCUT2D eigenvalue weighted by Crippen LogP contribution is -2.18. The van der Waals surface area contributed by atoms with Crippen LogP contribution < -0.4 is 11.1 Å². The molecule has 4 nitrogen and oxygen atoms in total. The predicted molar refractivity (Wildman–Crippen MR) is 88.4 cm³/mol. The molecule has 3 N–H and O–H groups in total. The zero-order valence-corrected chi connectivity index (χ0v) is 13.3. The SMILES string of the molecule is NC(=O)c1c(NC(=O)c2ccccc2F)sc2c1CCCCC2. The maximum Gasteiger partial charge on any atom is 0.259 e. The third-order valence-corrected chi connectivity index (χ3v) is 5.22. The second-order valence-corrected chi connectivity index (χ2v) is 6.67. The van der Waals surface area contributed by atoms with Crippen molar-refractivity contribution in [3.63, 3.8) is 0 Å². The number of hydrogen-bond donors (Lipinski definition) is 2. The first-order valence-electron chi connectivity index (χ1n) is 7.58. The van der Waals surface area contributed by atoms with E-state index in [1.165, 1.54) is 29.5 Å². The Kier molecular flexibility index (Phi) is 4.43. The summed E-state index contributed by atoms with van der Waals surface area (Å²) in [6.07, 6.45) is 4.86. The molecule has 1 aromatic carbocycles. The molecule has 2 amide bonds. The Morgan fingerprint density at radius 2 is 1.87 bits per heavy atom. The van der Waals surface area contributed by atoms with Crippen molar-refractivity contribution in [3.05, 3.63) is 51.7 Å². The van der Waals surface area contributed by atoms with E-state index in [9.17, 15) is 14.0 Å². The van der Waals surface area contributed by atoms with E-state index in [4.69, 9.17) is 5.73 Å². The van der Waals surface area contributed by atoms with Crippen LogP contribution >= 0.6 is 11.3 Å². The Morgan fingerprint density at radius 3 is 2.61 bits per heavy atom. The van der Waals surface area contributed by atoms with Crippen LogP contribution in [0.2, 0.25) is 0 Å². The van der Waals surface area contributed by atoms with E-state index in [2.05, 4.69) is 5.32 Å². The Hall–Kier alpha value is -2.21. The van der Waals surface area contributed by atoms with E-state index >= 15 is 0 Å². The zero-order valence-electron chi connectivity index (χ0n) is 12.5. The molecule has 1 heterocycles. The molecule has 0 bridgehead atoms. The molecule has 0 saturated carbocycles. The van der Waals surface area contributed by atoms with Crippen molar-refractivity contribution < 1.29 is 14.0 Å². The Balaban J connectivity index is 1.95. The van der Waals surface area contributed by atoms with Gasteiger partial charge >= 0.3 is 0 Å². The lowest BCUT2D eigenvalue weighted by molar-refractivity contribution is 0.100. The summed E-state index contributed by atoms with van der Waals surface area (Å²) in [4.78, 5) is 25.2. The highest BCUT2D eigenvalue weighted by Crippen LogP contribution is 2.37. The molecule has 0 fully saturated rings. The van der Waals surface area contributed by atoms with Crippen molar-refractivity contribution in [3.8, 4) is 0 Å². The van der Waals surface area contributed by atoms with Crippen LogP contribution in [-0.4, -0.2) is 11.8 Å². The quantitative estimate of drug-likeness (QED) is 0.844. The highest BCUT2D eigenvalue weighted by molar-refractivity contribution is 7.17. The number of benzene rings is 1. The molecule has 0 unspecified atom stereocenters. The van der Waals surface area contributed by atoms with Crippen LogP contribution in [0.3, 0.4) is 0 Å². The Morgan fingerprint density at radius 1 is 1.13 bits per heavy atom. The van der Waals surface area contributed by atoms with Gasteiger partial charge in [-0.1, -0.05) is 18.6 Å². The fourth-order valence-corrected chi connectivity index (χ4v) is 4.20. The summed E-state index contributed by atoms with van der Waals surface area (Å²) in [6, 6.07) is 5.76. The normalized spacial score (nSPS) is 14.0. The van der Waals surface area contributed by atoms with Gasteiger partial charge in [0.05, 0.1) is 11.1 Å². The van der Waals surface area contributed by atoms with E-state index in [1.807, 2.05) is 0 Å². The molecule has 6 heteroatoms. The van der Waals surface area contributed by atoms with Gasteiger partial charge in [0, 0.05) is 4.88 Å². The molecule has 1 aliphatic carbocycles. The Bertz CT molecular complexity index is 770. The van der Waals surface area contributed by atoms with Gasteiger partial charge in [0.25, 0.3) is 11.8 Å². The van der Waals surface area contributed by atoms with E-state index < -0.39 is 17.6 Å². The van der Waals surface area contributed by atoms with Gasteiger partial charge in [0.15, 0.2) is 0 Å². The molecule has 23 heavy (non-hydrogen) atoms. The number of carbonyl (C=O) groups excluding carboxylic acids is 2. The van der Waals surface area contributed by atoms with Crippen molar-refractivity contribution in [1.82, 2.24) is 0 Å². The highest BCUT2D eigenvalue weighted by Gasteiger charge is 2.25. The van der Waals surface area contributed by atoms with Crippen molar-refractivity contribution in [2.75, 3.05) is 5.32 Å². The standard InChI is InChI=1S/C17H17FN2O2S/c18-12-8-5-4-6-10(12)16(22)20-17-14(15(19)21)11-7-2-1-3-9-13(11)23-17/h4-6,8H,1-3,7,9H2,(H2,19,21)(H,20,22). The fourth-order valence-electron chi connectivity index (χ4n) is 2.91. The van der Waals surface area contributed by atoms with Gasteiger partial charge in [-0.3, -0.25) is 9.59 Å². The molecule has 1 aliphatic rings. The second-order valence-electron chi connectivity index (χ2n) is 5.57. The number of anilines is 1. The smallest absolute Gasteiger partial charge is 0.259 e. The van der Waals surface area contributed by atoms with E-state index in [-0.39, 0.29) is 5.56 Å². The first-order valence-corrected chi connectivity index (χ1v) is 8.40. The summed E-state index contributed by atoms with van der Waals surface area (Å²) in [5.74, 6) is -1.71. The maximum absolute atomic E-state index is 13.7. The topological polar surface area (TPSA) is 72.2 Å². The minimum atomic E-state index is -0.594. The molecule has 3 rings (SSSR count). The average molecular weight is 332 g/mol. The number of aryl methyl sites for hydroxylation is 1. The minimum absolute atomic E-state index is 0.0495. The molecule has 120 valence electrons. The largest absolute Gasteiger partial charge is 0.365 e. The summed E-state index contributed by atoms with van der Waals surface area (Å²) in [7, 11) is 0. The number of hydrogen-bond acceptors (Lipinski definition) is 3. The van der Waals surface area contributed by atoms with Crippen molar-refractivity contribution >= 4 is 28.2 Å². The van der Waals surface area contributed by atoms with Crippen molar-refractivity contribution in [2.45, 2.75) is 32.1 Å². The number of rotatable bonds is 3. The number of fused-ring (bicyclic) bond motifs is 1. The Labute approximate surface area is 137 Å². The molecule has 2 aromatic rings. The number of amides is 2. The molecule has 0 saturated heterocycles. The van der Waals surface area contributed by atoms with E-state index in [1.54, 1.807) is 6.07 Å². The van der Waals surface area contributed by atoms with Crippen LogP contribution in [0.25, 0.3) is 0 Å². The number of nitrogens with one attached hydrogen (secondary N) is 1. The maximum atomic E-state index is 13.7. The van der Waals surface area contributed by atoms with Crippen LogP contribution in [0.5, 0.6) is 0 Å². The van der Waals surface area contributed by atoms with Gasteiger partial charge in [0.2, 0.25) is 0 Å². The highest BCUT2D eigenvalue weighted by atomic mass is 32.1. The second kappa shape index (κ2) is 6.50. The number of thiophene rings is 1. The predicted octanol–water partition coefficient (Wildman–Crippen LogP) is 3.51. The fraction of sp³-hybridized carbons (Fsp3) is 0.294. The zero-order chi connectivity index (χ0) is 16.4. The molecular formula is C17H17FN2O2S. The van der Waals surface area contributed by atoms with Crippen LogP contribution in [0.15, 0.2) is 24.3 Å². The van der Waals surface area contributed by atoms with Crippen LogP contribution in [-0.2, 0) is 12.8 Å². The minimum Gasteiger partial charge on any atom is -0.365 e. The molecule has 0 radical (unpaired) electrons. The van der Waals surface area contributed by atoms with E-state index in [0.29, 0.717) is 10.6 Å². The van der Waals surface area contributed by atoms with Gasteiger partial charge in [-0.2, -0.15) is 0 Å². The molecule has 0 spiro atoms. The van der Waals surface area contributed by atoms with Gasteiger partial charge in [-0.25, -0.2) is 4.39 Å². The summed E-state index contributed by atoms with van der Waals surface area (Å²) >= 11 is 1.38. The first-order chi connectivity index (χ1) is 11.1. The summed E-state index contributed by atoms with van der Waals surface area (Å²) < 4.78 is 13.7. The van der Waals surface area contributed by atoms with Crippen LogP contribution in [0, 0.1) is 5.82 Å². The van der Waals surface area contributed by atoms with Gasteiger partial charge in [-0.05, 0) is 43.4 Å². The average Bonchev–Trinajstić information content (AvgIpc) is 2.69. The van der Waals surface area contributed by atoms with E-state index in [0.717, 1.165) is 42.5 Å². The first kappa shape index (κ1) is 15.7. The summed E-state index contributed by atoms with van der Waals surface area (Å²) in [6.45, 7) is 0. The van der Waals surface area contributed by atoms with Gasteiger partial charge in [0.1, 0.15) is 10.8 Å². The molecular weight excluding hydrogens is 315 g/mol.